The first-order valence-electron chi connectivity index (χ1n) is 5.27. The Morgan fingerprint density at radius 1 is 1.31 bits per heavy atom. The normalized spacial score (nSPS) is 17.5. The first-order chi connectivity index (χ1) is 5.86. The van der Waals surface area contributed by atoms with Crippen molar-refractivity contribution in [3.8, 4) is 0 Å². The van der Waals surface area contributed by atoms with Crippen LogP contribution >= 0.6 is 0 Å². The molecule has 0 aliphatic carbocycles. The van der Waals surface area contributed by atoms with Crippen LogP contribution in [0.3, 0.4) is 0 Å². The third kappa shape index (κ3) is 3.28. The van der Waals surface area contributed by atoms with Crippen molar-refractivity contribution in [3.63, 3.8) is 0 Å². The van der Waals surface area contributed by atoms with Crippen LogP contribution in [0.1, 0.15) is 41.0 Å². The van der Waals surface area contributed by atoms with Crippen molar-refractivity contribution in [2.45, 2.75) is 58.7 Å². The molecular weight excluding hydrogens is 160 g/mol. The topological polar surface area (TPSA) is 15.3 Å². The van der Waals surface area contributed by atoms with Crippen LogP contribution in [0.4, 0.5) is 0 Å². The predicted molar refractivity (Wildman–Crippen MR) is 60.1 cm³/mol. The van der Waals surface area contributed by atoms with Gasteiger partial charge in [-0.1, -0.05) is 6.92 Å². The molecule has 2 nitrogen and oxygen atoms in total. The Labute approximate surface area is 83.7 Å². The zero-order valence-electron chi connectivity index (χ0n) is 10.3. The maximum atomic E-state index is 3.30. The van der Waals surface area contributed by atoms with E-state index < -0.39 is 0 Å². The van der Waals surface area contributed by atoms with Crippen LogP contribution in [0.5, 0.6) is 0 Å². The highest BCUT2D eigenvalue weighted by atomic mass is 15.2. The molecule has 0 aliphatic rings. The number of nitrogens with one attached hydrogen (secondary N) is 1. The fraction of sp³-hybridized carbons (Fsp3) is 1.00. The predicted octanol–water partition coefficient (Wildman–Crippen LogP) is 2.10. The van der Waals surface area contributed by atoms with E-state index >= 15 is 0 Å². The fourth-order valence-corrected chi connectivity index (χ4v) is 1.38. The quantitative estimate of drug-likeness (QED) is 0.707. The molecule has 0 rings (SSSR count). The first-order valence-corrected chi connectivity index (χ1v) is 5.27. The number of hydrogen-bond acceptors (Lipinski definition) is 2. The fourth-order valence-electron chi connectivity index (χ4n) is 1.38. The van der Waals surface area contributed by atoms with Crippen molar-refractivity contribution in [1.29, 1.82) is 0 Å². The zero-order chi connectivity index (χ0) is 10.6. The molecule has 0 aromatic rings. The van der Waals surface area contributed by atoms with Crippen LogP contribution in [0.15, 0.2) is 0 Å². The van der Waals surface area contributed by atoms with Gasteiger partial charge in [-0.25, -0.2) is 0 Å². The second-order valence-corrected chi connectivity index (χ2v) is 4.59. The van der Waals surface area contributed by atoms with Gasteiger partial charge < -0.3 is 5.32 Å². The van der Waals surface area contributed by atoms with E-state index in [4.69, 9.17) is 0 Å². The molecule has 0 spiro atoms. The van der Waals surface area contributed by atoms with Gasteiger partial charge in [0.2, 0.25) is 0 Å². The van der Waals surface area contributed by atoms with Gasteiger partial charge in [0.1, 0.15) is 0 Å². The Kier molecular flexibility index (Phi) is 4.93. The van der Waals surface area contributed by atoms with Gasteiger partial charge in [0.15, 0.2) is 0 Å². The number of nitrogens with zero attached hydrogens (tertiary/aromatic N) is 1. The highest BCUT2D eigenvalue weighted by Gasteiger charge is 2.27. The molecule has 2 heteroatoms. The summed E-state index contributed by atoms with van der Waals surface area (Å²) in [4.78, 5) is 2.45. The minimum atomic E-state index is 0.296. The van der Waals surface area contributed by atoms with E-state index in [1.165, 1.54) is 6.42 Å². The maximum absolute atomic E-state index is 3.30. The SMILES string of the molecule is CCC(C)(C)N(C)C(C)C(C)NC. The third-order valence-corrected chi connectivity index (χ3v) is 3.61. The van der Waals surface area contributed by atoms with Crippen molar-refractivity contribution in [2.24, 2.45) is 0 Å². The highest BCUT2D eigenvalue weighted by molar-refractivity contribution is 4.85. The summed E-state index contributed by atoms with van der Waals surface area (Å²) in [5.41, 5.74) is 0.296. The van der Waals surface area contributed by atoms with Crippen LogP contribution in [0.2, 0.25) is 0 Å². The lowest BCUT2D eigenvalue weighted by Gasteiger charge is -2.41. The first kappa shape index (κ1) is 12.9. The van der Waals surface area contributed by atoms with Crippen molar-refractivity contribution in [1.82, 2.24) is 10.2 Å². The molecule has 0 amide bonds. The summed E-state index contributed by atoms with van der Waals surface area (Å²) in [6, 6.07) is 1.11. The molecule has 80 valence electrons. The second kappa shape index (κ2) is 4.97. The van der Waals surface area contributed by atoms with Gasteiger partial charge in [-0.3, -0.25) is 4.90 Å². The Morgan fingerprint density at radius 2 is 1.77 bits per heavy atom. The van der Waals surface area contributed by atoms with Crippen molar-refractivity contribution in [2.75, 3.05) is 14.1 Å². The van der Waals surface area contributed by atoms with E-state index in [-0.39, 0.29) is 0 Å². The number of likely N-dealkylation sites (N-methyl/N-ethyl adjacent to an activating group) is 2. The van der Waals surface area contributed by atoms with E-state index in [1.54, 1.807) is 0 Å². The molecule has 2 atom stereocenters. The van der Waals surface area contributed by atoms with E-state index in [0.717, 1.165) is 0 Å². The molecule has 0 aromatic heterocycles. The van der Waals surface area contributed by atoms with Gasteiger partial charge in [0.05, 0.1) is 0 Å². The summed E-state index contributed by atoms with van der Waals surface area (Å²) in [7, 11) is 4.23. The molecule has 0 saturated carbocycles. The number of hydrogen-bond donors (Lipinski definition) is 1. The van der Waals surface area contributed by atoms with Gasteiger partial charge in [0.25, 0.3) is 0 Å². The third-order valence-electron chi connectivity index (χ3n) is 3.61. The Hall–Kier alpha value is -0.0800. The summed E-state index contributed by atoms with van der Waals surface area (Å²) in [5, 5.41) is 3.30. The summed E-state index contributed by atoms with van der Waals surface area (Å²) in [6.07, 6.45) is 1.18. The van der Waals surface area contributed by atoms with E-state index in [9.17, 15) is 0 Å². The van der Waals surface area contributed by atoms with Gasteiger partial charge in [-0.05, 0) is 48.2 Å². The van der Waals surface area contributed by atoms with Gasteiger partial charge >= 0.3 is 0 Å². The van der Waals surface area contributed by atoms with Gasteiger partial charge in [-0.2, -0.15) is 0 Å². The largest absolute Gasteiger partial charge is 0.316 e. The lowest BCUT2D eigenvalue weighted by molar-refractivity contribution is 0.0887. The average molecular weight is 186 g/mol. The molecule has 0 bridgehead atoms. The molecule has 2 unspecified atom stereocenters. The maximum Gasteiger partial charge on any atom is 0.0220 e. The van der Waals surface area contributed by atoms with Gasteiger partial charge in [-0.15, -0.1) is 0 Å². The molecule has 0 aromatic carbocycles. The van der Waals surface area contributed by atoms with Crippen molar-refractivity contribution < 1.29 is 0 Å². The van der Waals surface area contributed by atoms with Crippen molar-refractivity contribution >= 4 is 0 Å². The van der Waals surface area contributed by atoms with Crippen LogP contribution < -0.4 is 5.32 Å². The minimum Gasteiger partial charge on any atom is -0.316 e. The summed E-state index contributed by atoms with van der Waals surface area (Å²) in [5.74, 6) is 0. The molecule has 0 heterocycles. The summed E-state index contributed by atoms with van der Waals surface area (Å²) < 4.78 is 0. The second-order valence-electron chi connectivity index (χ2n) is 4.59. The Bertz CT molecular complexity index is 143. The Balaban J connectivity index is 4.32. The molecule has 0 aliphatic heterocycles. The zero-order valence-corrected chi connectivity index (χ0v) is 10.3. The highest BCUT2D eigenvalue weighted by Crippen LogP contribution is 2.20. The lowest BCUT2D eigenvalue weighted by Crippen LogP contribution is -2.52. The molecule has 0 fully saturated rings. The molecular formula is C11H26N2. The standard InChI is InChI=1S/C11H26N2/c1-8-11(4,5)13(7)10(3)9(2)12-6/h9-10,12H,8H2,1-7H3. The van der Waals surface area contributed by atoms with E-state index in [1.807, 2.05) is 7.05 Å². The average Bonchev–Trinajstić information content (AvgIpc) is 2.14. The van der Waals surface area contributed by atoms with Crippen LogP contribution in [-0.4, -0.2) is 36.6 Å². The van der Waals surface area contributed by atoms with E-state index in [2.05, 4.69) is 51.9 Å². The van der Waals surface area contributed by atoms with Crippen molar-refractivity contribution in [3.05, 3.63) is 0 Å². The lowest BCUT2D eigenvalue weighted by atomic mass is 9.96. The molecule has 0 saturated heterocycles. The smallest absolute Gasteiger partial charge is 0.0220 e. The summed E-state index contributed by atoms with van der Waals surface area (Å²) in [6.45, 7) is 11.3. The van der Waals surface area contributed by atoms with Crippen LogP contribution in [0.25, 0.3) is 0 Å². The molecule has 13 heavy (non-hydrogen) atoms. The number of rotatable bonds is 5. The summed E-state index contributed by atoms with van der Waals surface area (Å²) >= 11 is 0. The Morgan fingerprint density at radius 3 is 2.08 bits per heavy atom. The van der Waals surface area contributed by atoms with Crippen LogP contribution in [0, 0.1) is 0 Å². The molecule has 0 radical (unpaired) electrons. The minimum absolute atomic E-state index is 0.296. The van der Waals surface area contributed by atoms with E-state index in [0.29, 0.717) is 17.6 Å². The molecule has 1 N–H and O–H groups in total. The monoisotopic (exact) mass is 186 g/mol. The van der Waals surface area contributed by atoms with Crippen LogP contribution in [-0.2, 0) is 0 Å². The van der Waals surface area contributed by atoms with Gasteiger partial charge in [0, 0.05) is 17.6 Å².